The van der Waals surface area contributed by atoms with Gasteiger partial charge >= 0.3 is 5.97 Å². The van der Waals surface area contributed by atoms with Crippen LogP contribution in [0, 0.1) is 0 Å². The first kappa shape index (κ1) is 9.00. The average Bonchev–Trinajstić information content (AvgIpc) is 2.04. The number of carbonyl (C=O) groups is 1. The molecular formula is C9H9O2Si. The molecule has 0 saturated carbocycles. The molecule has 61 valence electrons. The van der Waals surface area contributed by atoms with Crippen LogP contribution in [0.15, 0.2) is 18.2 Å². The number of carboxylic acids is 1. The lowest BCUT2D eigenvalue weighted by Gasteiger charge is -2.05. The van der Waals surface area contributed by atoms with Gasteiger partial charge in [0.15, 0.2) is 0 Å². The Hall–Kier alpha value is -1.09. The molecule has 0 aromatic heterocycles. The Balaban J connectivity index is 3.23. The van der Waals surface area contributed by atoms with Gasteiger partial charge in [-0.25, -0.2) is 4.79 Å². The molecule has 0 saturated heterocycles. The minimum Gasteiger partial charge on any atom is -0.478 e. The molecule has 0 spiro atoms. The first-order chi connectivity index (χ1) is 5.66. The standard InChI is InChI=1S/C9H9O2Si/c1-2-6-4-3-5-7(8(6)12)9(10)11/h3-5H,2H2,1H3,(H,10,11). The molecule has 0 aliphatic heterocycles. The van der Waals surface area contributed by atoms with Crippen molar-refractivity contribution in [1.82, 2.24) is 0 Å². The van der Waals surface area contributed by atoms with Gasteiger partial charge in [0.05, 0.1) is 15.8 Å². The van der Waals surface area contributed by atoms with Gasteiger partial charge in [-0.15, -0.1) is 0 Å². The van der Waals surface area contributed by atoms with E-state index in [-0.39, 0.29) is 0 Å². The second-order valence-electron chi connectivity index (χ2n) is 2.50. The van der Waals surface area contributed by atoms with Crippen molar-refractivity contribution in [2.45, 2.75) is 13.3 Å². The number of benzene rings is 1. The fraction of sp³-hybridized carbons (Fsp3) is 0.222. The summed E-state index contributed by atoms with van der Waals surface area (Å²) in [6, 6.07) is 5.25. The highest BCUT2D eigenvalue weighted by atomic mass is 28.1. The summed E-state index contributed by atoms with van der Waals surface area (Å²) in [5, 5.41) is 9.44. The maximum Gasteiger partial charge on any atom is 0.335 e. The lowest BCUT2D eigenvalue weighted by molar-refractivity contribution is 0.0698. The van der Waals surface area contributed by atoms with Crippen LogP contribution in [0.4, 0.5) is 0 Å². The highest BCUT2D eigenvalue weighted by molar-refractivity contribution is 6.37. The number of carboxylic acid groups (broad SMARTS) is 1. The first-order valence-electron chi connectivity index (χ1n) is 3.73. The SMILES string of the molecule is CCc1cccc(C(=O)O)c1[Si]. The van der Waals surface area contributed by atoms with Crippen LogP contribution in [-0.4, -0.2) is 21.3 Å². The molecule has 1 aromatic carbocycles. The fourth-order valence-corrected chi connectivity index (χ4v) is 1.52. The molecule has 0 atom stereocenters. The molecule has 1 rings (SSSR count). The zero-order chi connectivity index (χ0) is 9.14. The van der Waals surface area contributed by atoms with Crippen LogP contribution in [0.2, 0.25) is 0 Å². The van der Waals surface area contributed by atoms with Crippen molar-refractivity contribution in [2.24, 2.45) is 0 Å². The number of aromatic carboxylic acids is 1. The van der Waals surface area contributed by atoms with Crippen LogP contribution < -0.4 is 5.19 Å². The quantitative estimate of drug-likeness (QED) is 0.677. The van der Waals surface area contributed by atoms with Crippen LogP contribution in [0.1, 0.15) is 22.8 Å². The van der Waals surface area contributed by atoms with Crippen LogP contribution in [0.3, 0.4) is 0 Å². The van der Waals surface area contributed by atoms with E-state index in [0.717, 1.165) is 12.0 Å². The van der Waals surface area contributed by atoms with Gasteiger partial charge in [0, 0.05) is 0 Å². The highest BCUT2D eigenvalue weighted by Gasteiger charge is 2.07. The molecule has 1 N–H and O–H groups in total. The molecule has 0 amide bonds. The number of rotatable bonds is 2. The topological polar surface area (TPSA) is 37.3 Å². The van der Waals surface area contributed by atoms with E-state index < -0.39 is 5.97 Å². The molecule has 0 heterocycles. The molecule has 0 unspecified atom stereocenters. The molecule has 12 heavy (non-hydrogen) atoms. The summed E-state index contributed by atoms with van der Waals surface area (Å²) in [4.78, 5) is 10.7. The predicted octanol–water partition coefficient (Wildman–Crippen LogP) is 0.741. The Morgan fingerprint density at radius 2 is 2.25 bits per heavy atom. The van der Waals surface area contributed by atoms with Gasteiger partial charge in [-0.05, 0) is 23.2 Å². The summed E-state index contributed by atoms with van der Waals surface area (Å²) >= 11 is 0. The predicted molar refractivity (Wildman–Crippen MR) is 48.2 cm³/mol. The summed E-state index contributed by atoms with van der Waals surface area (Å²) in [6.45, 7) is 1.99. The van der Waals surface area contributed by atoms with Crippen molar-refractivity contribution < 1.29 is 9.90 Å². The molecule has 0 fully saturated rings. The van der Waals surface area contributed by atoms with E-state index in [0.29, 0.717) is 10.8 Å². The fourth-order valence-electron chi connectivity index (χ4n) is 1.07. The molecule has 0 aliphatic carbocycles. The van der Waals surface area contributed by atoms with Crippen molar-refractivity contribution >= 4 is 21.4 Å². The number of hydrogen-bond acceptors (Lipinski definition) is 1. The van der Waals surface area contributed by atoms with E-state index in [9.17, 15) is 4.79 Å². The number of hydrogen-bond donors (Lipinski definition) is 1. The Morgan fingerprint density at radius 1 is 1.58 bits per heavy atom. The Morgan fingerprint density at radius 3 is 2.75 bits per heavy atom. The van der Waals surface area contributed by atoms with E-state index in [4.69, 9.17) is 5.11 Å². The van der Waals surface area contributed by atoms with Gasteiger partial charge < -0.3 is 5.11 Å². The molecular weight excluding hydrogens is 168 g/mol. The van der Waals surface area contributed by atoms with Gasteiger partial charge in [0.25, 0.3) is 0 Å². The number of aryl methyl sites for hydroxylation is 1. The Bertz CT molecular complexity index is 307. The van der Waals surface area contributed by atoms with E-state index >= 15 is 0 Å². The van der Waals surface area contributed by atoms with E-state index in [1.165, 1.54) is 0 Å². The average molecular weight is 177 g/mol. The summed E-state index contributed by atoms with van der Waals surface area (Å²) in [7, 11) is 3.31. The summed E-state index contributed by atoms with van der Waals surface area (Å²) in [5.74, 6) is -0.893. The molecule has 1 aromatic rings. The van der Waals surface area contributed by atoms with Crippen molar-refractivity contribution in [3.05, 3.63) is 29.3 Å². The summed E-state index contributed by atoms with van der Waals surface area (Å²) in [6.07, 6.45) is 0.833. The zero-order valence-corrected chi connectivity index (χ0v) is 7.79. The highest BCUT2D eigenvalue weighted by Crippen LogP contribution is 2.01. The lowest BCUT2D eigenvalue weighted by Crippen LogP contribution is -2.19. The Kier molecular flexibility index (Phi) is 2.65. The largest absolute Gasteiger partial charge is 0.478 e. The maximum atomic E-state index is 10.7. The molecule has 0 bridgehead atoms. The van der Waals surface area contributed by atoms with Crippen molar-refractivity contribution in [3.8, 4) is 0 Å². The van der Waals surface area contributed by atoms with Gasteiger partial charge in [0.2, 0.25) is 0 Å². The van der Waals surface area contributed by atoms with Crippen LogP contribution in [0.25, 0.3) is 0 Å². The van der Waals surface area contributed by atoms with Gasteiger partial charge in [0.1, 0.15) is 0 Å². The molecule has 3 radical (unpaired) electrons. The van der Waals surface area contributed by atoms with E-state index in [1.807, 2.05) is 13.0 Å². The van der Waals surface area contributed by atoms with Gasteiger partial charge in [-0.2, -0.15) is 0 Å². The minimum absolute atomic E-state index is 0.325. The van der Waals surface area contributed by atoms with E-state index in [2.05, 4.69) is 10.2 Å². The Labute approximate surface area is 74.7 Å². The van der Waals surface area contributed by atoms with Crippen LogP contribution >= 0.6 is 0 Å². The summed E-state index contributed by atoms with van der Waals surface area (Å²) in [5.41, 5.74) is 1.34. The van der Waals surface area contributed by atoms with Crippen LogP contribution in [0.5, 0.6) is 0 Å². The van der Waals surface area contributed by atoms with E-state index in [1.54, 1.807) is 12.1 Å². The van der Waals surface area contributed by atoms with Gasteiger partial charge in [-0.3, -0.25) is 0 Å². The smallest absolute Gasteiger partial charge is 0.335 e. The third-order valence-electron chi connectivity index (χ3n) is 1.76. The minimum atomic E-state index is -0.893. The molecule has 2 nitrogen and oxygen atoms in total. The third kappa shape index (κ3) is 1.56. The summed E-state index contributed by atoms with van der Waals surface area (Å²) < 4.78 is 0. The molecule has 3 heteroatoms. The second-order valence-corrected chi connectivity index (χ2v) is 3.00. The van der Waals surface area contributed by atoms with Crippen molar-refractivity contribution in [1.29, 1.82) is 0 Å². The van der Waals surface area contributed by atoms with Gasteiger partial charge in [-0.1, -0.05) is 19.1 Å². The van der Waals surface area contributed by atoms with Crippen molar-refractivity contribution in [3.63, 3.8) is 0 Å². The maximum absolute atomic E-state index is 10.7. The first-order valence-corrected chi connectivity index (χ1v) is 4.23. The molecule has 0 aliphatic rings. The lowest BCUT2D eigenvalue weighted by atomic mass is 10.1. The van der Waals surface area contributed by atoms with Crippen LogP contribution in [-0.2, 0) is 6.42 Å². The zero-order valence-electron chi connectivity index (χ0n) is 6.79. The normalized spacial score (nSPS) is 9.83. The third-order valence-corrected chi connectivity index (χ3v) is 2.35. The van der Waals surface area contributed by atoms with Crippen molar-refractivity contribution in [2.75, 3.05) is 0 Å². The monoisotopic (exact) mass is 177 g/mol. The second kappa shape index (κ2) is 3.54.